The molecular weight excluding hydrogens is 499 g/mol. The van der Waals surface area contributed by atoms with Crippen LogP contribution in [0.2, 0.25) is 0 Å². The summed E-state index contributed by atoms with van der Waals surface area (Å²) in [6.07, 6.45) is 0. The Hall–Kier alpha value is -2.72. The third-order valence-electron chi connectivity index (χ3n) is 4.59. The Labute approximate surface area is 185 Å². The van der Waals surface area contributed by atoms with E-state index in [0.29, 0.717) is 15.8 Å². The molecule has 10 heteroatoms. The van der Waals surface area contributed by atoms with Crippen LogP contribution in [0.3, 0.4) is 0 Å². The molecule has 0 unspecified atom stereocenters. The van der Waals surface area contributed by atoms with E-state index in [1.165, 1.54) is 28.6 Å². The maximum atomic E-state index is 14.0. The summed E-state index contributed by atoms with van der Waals surface area (Å²) in [6.45, 7) is -2.86. The first-order valence-corrected chi connectivity index (χ1v) is 11.3. The molecule has 1 aliphatic rings. The minimum atomic E-state index is -3.90. The molecule has 0 fully saturated rings. The number of sulfonamides is 1. The molecule has 5 nitrogen and oxygen atoms in total. The normalized spacial score (nSPS) is 13.6. The molecule has 31 heavy (non-hydrogen) atoms. The fourth-order valence-corrected chi connectivity index (χ4v) is 5.33. The molecule has 0 saturated heterocycles. The van der Waals surface area contributed by atoms with Gasteiger partial charge in [-0.1, -0.05) is 28.1 Å². The van der Waals surface area contributed by atoms with Crippen LogP contribution in [-0.2, 0) is 10.0 Å². The number of benzene rings is 3. The van der Waals surface area contributed by atoms with Gasteiger partial charge in [0.05, 0.1) is 17.1 Å². The number of hydrogen-bond acceptors (Lipinski definition) is 4. The third-order valence-corrected chi connectivity index (χ3v) is 6.90. The molecule has 0 spiro atoms. The number of halogens is 4. The summed E-state index contributed by atoms with van der Waals surface area (Å²) < 4.78 is 77.3. The van der Waals surface area contributed by atoms with Gasteiger partial charge in [-0.2, -0.15) is 8.78 Å². The predicted octanol–water partition coefficient (Wildman–Crippen LogP) is 5.44. The van der Waals surface area contributed by atoms with Gasteiger partial charge in [0.15, 0.2) is 0 Å². The van der Waals surface area contributed by atoms with Crippen molar-refractivity contribution in [3.63, 3.8) is 0 Å². The smallest absolute Gasteiger partial charge is 0.387 e. The zero-order valence-electron chi connectivity index (χ0n) is 15.8. The van der Waals surface area contributed by atoms with Crippen LogP contribution in [0.5, 0.6) is 11.5 Å². The van der Waals surface area contributed by atoms with Crippen LogP contribution >= 0.6 is 15.9 Å². The van der Waals surface area contributed by atoms with Crippen molar-refractivity contribution in [1.82, 2.24) is 0 Å². The van der Waals surface area contributed by atoms with Gasteiger partial charge in [-0.3, -0.25) is 4.31 Å². The first kappa shape index (κ1) is 21.5. The van der Waals surface area contributed by atoms with Crippen molar-refractivity contribution in [2.45, 2.75) is 11.5 Å². The fraction of sp³-hybridized carbons (Fsp3) is 0.143. The van der Waals surface area contributed by atoms with E-state index < -0.39 is 22.5 Å². The van der Waals surface area contributed by atoms with Crippen LogP contribution < -0.4 is 13.8 Å². The lowest BCUT2D eigenvalue weighted by Crippen LogP contribution is -2.37. The molecule has 0 aromatic heterocycles. The highest BCUT2D eigenvalue weighted by atomic mass is 79.9. The van der Waals surface area contributed by atoms with Crippen molar-refractivity contribution < 1.29 is 31.1 Å². The Balaban J connectivity index is 1.78. The van der Waals surface area contributed by atoms with Gasteiger partial charge in [0.25, 0.3) is 10.0 Å². The summed E-state index contributed by atoms with van der Waals surface area (Å²) in [5.41, 5.74) is 0.936. The van der Waals surface area contributed by atoms with E-state index in [0.717, 1.165) is 12.1 Å². The summed E-state index contributed by atoms with van der Waals surface area (Å²) in [4.78, 5) is 0.0958. The predicted molar refractivity (Wildman–Crippen MR) is 113 cm³/mol. The molecule has 0 radical (unpaired) electrons. The van der Waals surface area contributed by atoms with Gasteiger partial charge >= 0.3 is 6.61 Å². The average Bonchev–Trinajstić information content (AvgIpc) is 2.72. The second-order valence-corrected chi connectivity index (χ2v) is 9.40. The quantitative estimate of drug-likeness (QED) is 0.455. The van der Waals surface area contributed by atoms with E-state index in [4.69, 9.17) is 4.74 Å². The highest BCUT2D eigenvalue weighted by molar-refractivity contribution is 9.10. The van der Waals surface area contributed by atoms with E-state index in [1.807, 2.05) is 0 Å². The standard InChI is InChI=1S/C21H15BrF3NO4S/c22-15-2-1-3-18(11-15)31(27,28)26-6-7-29-20-5-4-13(10-19(20)26)14-8-16(23)12-17(9-14)30-21(24)25/h1-5,8-12,21H,6-7H2. The molecule has 1 aliphatic heterocycles. The minimum Gasteiger partial charge on any atom is -0.489 e. The zero-order valence-corrected chi connectivity index (χ0v) is 18.2. The summed E-state index contributed by atoms with van der Waals surface area (Å²) >= 11 is 3.27. The van der Waals surface area contributed by atoms with Gasteiger partial charge in [-0.25, -0.2) is 12.8 Å². The van der Waals surface area contributed by atoms with Crippen LogP contribution in [0.25, 0.3) is 11.1 Å². The number of alkyl halides is 2. The Bertz CT molecular complexity index is 1240. The van der Waals surface area contributed by atoms with Crippen molar-refractivity contribution in [2.75, 3.05) is 17.5 Å². The van der Waals surface area contributed by atoms with Crippen LogP contribution in [0.1, 0.15) is 0 Å². The van der Waals surface area contributed by atoms with Crippen LogP contribution in [-0.4, -0.2) is 28.2 Å². The average molecular weight is 514 g/mol. The van der Waals surface area contributed by atoms with E-state index in [1.54, 1.807) is 24.3 Å². The number of nitrogens with zero attached hydrogens (tertiary/aromatic N) is 1. The second-order valence-electron chi connectivity index (χ2n) is 6.62. The molecule has 0 atom stereocenters. The molecule has 3 aromatic rings. The zero-order chi connectivity index (χ0) is 22.2. The van der Waals surface area contributed by atoms with Crippen LogP contribution in [0.4, 0.5) is 18.9 Å². The van der Waals surface area contributed by atoms with Gasteiger partial charge < -0.3 is 9.47 Å². The second kappa shape index (κ2) is 8.43. The van der Waals surface area contributed by atoms with E-state index in [9.17, 15) is 21.6 Å². The molecular formula is C21H15BrF3NO4S. The number of anilines is 1. The van der Waals surface area contributed by atoms with Crippen molar-refractivity contribution >= 4 is 31.6 Å². The lowest BCUT2D eigenvalue weighted by molar-refractivity contribution is -0.0499. The molecule has 0 N–H and O–H groups in total. The molecule has 3 aromatic carbocycles. The molecule has 1 heterocycles. The van der Waals surface area contributed by atoms with Crippen molar-refractivity contribution in [2.24, 2.45) is 0 Å². The van der Waals surface area contributed by atoms with Gasteiger partial charge in [-0.15, -0.1) is 0 Å². The topological polar surface area (TPSA) is 55.8 Å². The monoisotopic (exact) mass is 513 g/mol. The molecule has 0 bridgehead atoms. The molecule has 162 valence electrons. The van der Waals surface area contributed by atoms with Crippen molar-refractivity contribution in [3.05, 3.63) is 71.0 Å². The number of ether oxygens (including phenoxy) is 2. The first-order chi connectivity index (χ1) is 14.7. The third kappa shape index (κ3) is 4.49. The van der Waals surface area contributed by atoms with E-state index >= 15 is 0 Å². The highest BCUT2D eigenvalue weighted by Gasteiger charge is 2.30. The maximum absolute atomic E-state index is 14.0. The largest absolute Gasteiger partial charge is 0.489 e. The van der Waals surface area contributed by atoms with Gasteiger partial charge in [0.1, 0.15) is 23.9 Å². The van der Waals surface area contributed by atoms with Crippen molar-refractivity contribution in [1.29, 1.82) is 0 Å². The van der Waals surface area contributed by atoms with E-state index in [2.05, 4.69) is 20.7 Å². The lowest BCUT2D eigenvalue weighted by Gasteiger charge is -2.31. The molecule has 0 amide bonds. The summed E-state index contributed by atoms with van der Waals surface area (Å²) in [5.74, 6) is -0.757. The highest BCUT2D eigenvalue weighted by Crippen LogP contribution is 2.39. The molecule has 0 saturated carbocycles. The van der Waals surface area contributed by atoms with Crippen LogP contribution in [0, 0.1) is 5.82 Å². The van der Waals surface area contributed by atoms with Crippen molar-refractivity contribution in [3.8, 4) is 22.6 Å². The van der Waals surface area contributed by atoms with E-state index in [-0.39, 0.29) is 35.0 Å². The van der Waals surface area contributed by atoms with Gasteiger partial charge in [0, 0.05) is 10.5 Å². The summed E-state index contributed by atoms with van der Waals surface area (Å²) in [5, 5.41) is 0. The SMILES string of the molecule is O=S(=O)(c1cccc(Br)c1)N1CCOc2ccc(-c3cc(F)cc(OC(F)F)c3)cc21. The number of rotatable bonds is 5. The number of fused-ring (bicyclic) bond motifs is 1. The van der Waals surface area contributed by atoms with Crippen LogP contribution in [0.15, 0.2) is 70.0 Å². The Morgan fingerprint density at radius 3 is 2.58 bits per heavy atom. The molecule has 4 rings (SSSR count). The summed E-state index contributed by atoms with van der Waals surface area (Å²) in [7, 11) is -3.90. The minimum absolute atomic E-state index is 0.0776. The summed E-state index contributed by atoms with van der Waals surface area (Å²) in [6, 6.07) is 14.2. The Morgan fingerprint density at radius 1 is 1.03 bits per heavy atom. The van der Waals surface area contributed by atoms with Gasteiger partial charge in [0.2, 0.25) is 0 Å². The molecule has 0 aliphatic carbocycles. The Morgan fingerprint density at radius 2 is 1.84 bits per heavy atom. The van der Waals surface area contributed by atoms with Gasteiger partial charge in [-0.05, 0) is 53.6 Å². The first-order valence-electron chi connectivity index (χ1n) is 9.05. The lowest BCUT2D eigenvalue weighted by atomic mass is 10.0. The maximum Gasteiger partial charge on any atom is 0.387 e. The fourth-order valence-electron chi connectivity index (χ4n) is 3.28. The number of hydrogen-bond donors (Lipinski definition) is 0. The Kier molecular flexibility index (Phi) is 5.85.